The fourth-order valence-electron chi connectivity index (χ4n) is 2.45. The average molecular weight is 300 g/mol. The Bertz CT molecular complexity index is 529. The molecule has 0 radical (unpaired) electrons. The molecular weight excluding hydrogens is 280 g/mol. The van der Waals surface area contributed by atoms with Crippen molar-refractivity contribution in [1.29, 1.82) is 0 Å². The summed E-state index contributed by atoms with van der Waals surface area (Å²) >= 11 is 1.38. The van der Waals surface area contributed by atoms with E-state index < -0.39 is 10.0 Å². The second kappa shape index (κ2) is 5.52. The van der Waals surface area contributed by atoms with Crippen LogP contribution >= 0.6 is 11.3 Å². The maximum absolute atomic E-state index is 12.2. The van der Waals surface area contributed by atoms with Crippen LogP contribution in [0.4, 0.5) is 0 Å². The number of thiophene rings is 1. The lowest BCUT2D eigenvalue weighted by molar-refractivity contribution is 0.554. The maximum atomic E-state index is 12.2. The SMILES string of the molecule is O=S(=O)(NC1CCCC1)c1ccc(CNC2CC2)s1. The zero-order valence-corrected chi connectivity index (χ0v) is 12.5. The third-order valence-corrected chi connectivity index (χ3v) is 6.82. The van der Waals surface area contributed by atoms with Crippen LogP contribution in [-0.2, 0) is 16.6 Å². The predicted molar refractivity (Wildman–Crippen MR) is 76.8 cm³/mol. The molecule has 0 aromatic carbocycles. The first kappa shape index (κ1) is 13.5. The Balaban J connectivity index is 1.62. The number of nitrogens with one attached hydrogen (secondary N) is 2. The van der Waals surface area contributed by atoms with Gasteiger partial charge >= 0.3 is 0 Å². The molecule has 2 fully saturated rings. The van der Waals surface area contributed by atoms with Crippen LogP contribution in [0, 0.1) is 0 Å². The summed E-state index contributed by atoms with van der Waals surface area (Å²) < 4.78 is 27.7. The molecular formula is C13H20N2O2S2. The summed E-state index contributed by atoms with van der Waals surface area (Å²) in [5, 5.41) is 3.41. The first-order valence-corrected chi connectivity index (χ1v) is 9.28. The molecule has 1 aromatic heterocycles. The Kier molecular flexibility index (Phi) is 3.93. The van der Waals surface area contributed by atoms with Crippen LogP contribution < -0.4 is 10.0 Å². The van der Waals surface area contributed by atoms with Crippen molar-refractivity contribution in [3.63, 3.8) is 0 Å². The molecule has 2 saturated carbocycles. The lowest BCUT2D eigenvalue weighted by Crippen LogP contribution is -2.32. The minimum atomic E-state index is -3.31. The molecule has 4 nitrogen and oxygen atoms in total. The average Bonchev–Trinajstić information content (AvgIpc) is 2.87. The Morgan fingerprint density at radius 3 is 2.53 bits per heavy atom. The minimum absolute atomic E-state index is 0.139. The number of hydrogen-bond acceptors (Lipinski definition) is 4. The lowest BCUT2D eigenvalue weighted by atomic mass is 10.3. The molecule has 2 aliphatic rings. The standard InChI is InChI=1S/C13H20N2O2S2/c16-19(17,15-11-3-1-2-4-11)13-8-7-12(18-13)9-14-10-5-6-10/h7-8,10-11,14-15H,1-6,9H2. The molecule has 6 heteroatoms. The van der Waals surface area contributed by atoms with Crippen LogP contribution in [0.5, 0.6) is 0 Å². The van der Waals surface area contributed by atoms with Gasteiger partial charge < -0.3 is 5.32 Å². The van der Waals surface area contributed by atoms with Crippen molar-refractivity contribution in [2.24, 2.45) is 0 Å². The van der Waals surface area contributed by atoms with Crippen LogP contribution in [0.15, 0.2) is 16.3 Å². The molecule has 0 atom stereocenters. The lowest BCUT2D eigenvalue weighted by Gasteiger charge is -2.10. The summed E-state index contributed by atoms with van der Waals surface area (Å²) in [4.78, 5) is 1.10. The van der Waals surface area contributed by atoms with E-state index in [4.69, 9.17) is 0 Å². The fourth-order valence-corrected chi connectivity index (χ4v) is 5.08. The molecule has 0 unspecified atom stereocenters. The largest absolute Gasteiger partial charge is 0.309 e. The van der Waals surface area contributed by atoms with Crippen LogP contribution in [0.1, 0.15) is 43.4 Å². The van der Waals surface area contributed by atoms with Crippen molar-refractivity contribution in [2.45, 2.75) is 61.4 Å². The van der Waals surface area contributed by atoms with Gasteiger partial charge in [-0.2, -0.15) is 0 Å². The topological polar surface area (TPSA) is 58.2 Å². The van der Waals surface area contributed by atoms with Gasteiger partial charge in [-0.15, -0.1) is 11.3 Å². The van der Waals surface area contributed by atoms with E-state index in [-0.39, 0.29) is 6.04 Å². The smallest absolute Gasteiger partial charge is 0.250 e. The van der Waals surface area contributed by atoms with E-state index >= 15 is 0 Å². The van der Waals surface area contributed by atoms with Gasteiger partial charge in [-0.3, -0.25) is 0 Å². The second-order valence-electron chi connectivity index (χ2n) is 5.48. The Morgan fingerprint density at radius 2 is 1.84 bits per heavy atom. The van der Waals surface area contributed by atoms with Gasteiger partial charge in [0.2, 0.25) is 10.0 Å². The molecule has 106 valence electrons. The van der Waals surface area contributed by atoms with E-state index in [9.17, 15) is 8.42 Å². The van der Waals surface area contributed by atoms with Gasteiger partial charge in [0.05, 0.1) is 0 Å². The Morgan fingerprint density at radius 1 is 1.11 bits per heavy atom. The first-order valence-electron chi connectivity index (χ1n) is 6.98. The summed E-state index contributed by atoms with van der Waals surface area (Å²) in [5.74, 6) is 0. The number of sulfonamides is 1. The molecule has 0 saturated heterocycles. The maximum Gasteiger partial charge on any atom is 0.250 e. The number of rotatable bonds is 6. The molecule has 0 spiro atoms. The van der Waals surface area contributed by atoms with E-state index in [0.29, 0.717) is 10.3 Å². The van der Waals surface area contributed by atoms with Crippen molar-refractivity contribution in [1.82, 2.24) is 10.0 Å². The Labute approximate surface area is 118 Å². The molecule has 1 heterocycles. The molecule has 2 N–H and O–H groups in total. The summed E-state index contributed by atoms with van der Waals surface area (Å²) in [6.45, 7) is 0.786. The van der Waals surface area contributed by atoms with Crippen LogP contribution in [0.25, 0.3) is 0 Å². The normalized spacial score (nSPS) is 21.1. The summed E-state index contributed by atoms with van der Waals surface area (Å²) in [6.07, 6.45) is 6.71. The summed E-state index contributed by atoms with van der Waals surface area (Å²) in [7, 11) is -3.31. The van der Waals surface area contributed by atoms with Gasteiger partial charge in [0.15, 0.2) is 0 Å². The minimum Gasteiger partial charge on any atom is -0.309 e. The van der Waals surface area contributed by atoms with Crippen molar-refractivity contribution >= 4 is 21.4 Å². The third-order valence-electron chi connectivity index (χ3n) is 3.72. The highest BCUT2D eigenvalue weighted by atomic mass is 32.2. The van der Waals surface area contributed by atoms with Gasteiger partial charge in [-0.25, -0.2) is 13.1 Å². The highest BCUT2D eigenvalue weighted by Gasteiger charge is 2.24. The fraction of sp³-hybridized carbons (Fsp3) is 0.692. The highest BCUT2D eigenvalue weighted by Crippen LogP contribution is 2.26. The van der Waals surface area contributed by atoms with E-state index in [1.807, 2.05) is 6.07 Å². The van der Waals surface area contributed by atoms with E-state index in [1.165, 1.54) is 24.2 Å². The van der Waals surface area contributed by atoms with Crippen LogP contribution in [0.3, 0.4) is 0 Å². The van der Waals surface area contributed by atoms with Gasteiger partial charge in [0.25, 0.3) is 0 Å². The zero-order chi connectivity index (χ0) is 13.3. The van der Waals surface area contributed by atoms with Crippen molar-refractivity contribution in [3.8, 4) is 0 Å². The summed E-state index contributed by atoms with van der Waals surface area (Å²) in [6, 6.07) is 4.44. The number of hydrogen-bond donors (Lipinski definition) is 2. The molecule has 0 bridgehead atoms. The highest BCUT2D eigenvalue weighted by molar-refractivity contribution is 7.91. The van der Waals surface area contributed by atoms with E-state index in [2.05, 4.69) is 10.0 Å². The molecule has 3 rings (SSSR count). The zero-order valence-electron chi connectivity index (χ0n) is 10.9. The van der Waals surface area contributed by atoms with Crippen LogP contribution in [-0.4, -0.2) is 20.5 Å². The van der Waals surface area contributed by atoms with Crippen molar-refractivity contribution in [2.75, 3.05) is 0 Å². The molecule has 19 heavy (non-hydrogen) atoms. The molecule has 0 aliphatic heterocycles. The van der Waals surface area contributed by atoms with E-state index in [0.717, 1.165) is 37.1 Å². The van der Waals surface area contributed by atoms with Gasteiger partial charge in [0.1, 0.15) is 4.21 Å². The Hall–Kier alpha value is -0.430. The summed E-state index contributed by atoms with van der Waals surface area (Å²) in [5.41, 5.74) is 0. The predicted octanol–water partition coefficient (Wildman–Crippen LogP) is 2.22. The van der Waals surface area contributed by atoms with Gasteiger partial charge in [-0.1, -0.05) is 12.8 Å². The first-order chi connectivity index (χ1) is 9.13. The quantitative estimate of drug-likeness (QED) is 0.847. The third kappa shape index (κ3) is 3.56. The molecule has 0 amide bonds. The van der Waals surface area contributed by atoms with Crippen molar-refractivity contribution in [3.05, 3.63) is 17.0 Å². The molecule has 1 aromatic rings. The molecule has 2 aliphatic carbocycles. The van der Waals surface area contributed by atoms with E-state index in [1.54, 1.807) is 6.07 Å². The van der Waals surface area contributed by atoms with Gasteiger partial charge in [0, 0.05) is 23.5 Å². The second-order valence-corrected chi connectivity index (χ2v) is 8.59. The van der Waals surface area contributed by atoms with Crippen molar-refractivity contribution < 1.29 is 8.42 Å². The van der Waals surface area contributed by atoms with Crippen LogP contribution in [0.2, 0.25) is 0 Å². The monoisotopic (exact) mass is 300 g/mol. The van der Waals surface area contributed by atoms with Gasteiger partial charge in [-0.05, 0) is 37.8 Å².